The summed E-state index contributed by atoms with van der Waals surface area (Å²) >= 11 is 0. The molecule has 0 bridgehead atoms. The fraction of sp³-hybridized carbons (Fsp3) is 0.143. The van der Waals surface area contributed by atoms with Gasteiger partial charge in [-0.05, 0) is 18.2 Å². The summed E-state index contributed by atoms with van der Waals surface area (Å²) in [6.45, 7) is -0.588. The summed E-state index contributed by atoms with van der Waals surface area (Å²) in [6.07, 6.45) is 3.57. The van der Waals surface area contributed by atoms with Crippen molar-refractivity contribution in [3.8, 4) is 0 Å². The fourth-order valence-electron chi connectivity index (χ4n) is 1.86. The third-order valence-electron chi connectivity index (χ3n) is 2.94. The molecule has 0 aliphatic heterocycles. The van der Waals surface area contributed by atoms with Gasteiger partial charge in [-0.1, -0.05) is 6.07 Å². The van der Waals surface area contributed by atoms with E-state index in [0.717, 1.165) is 16.6 Å². The number of nitrogens with zero attached hydrogens (tertiary/aromatic N) is 3. The van der Waals surface area contributed by atoms with Crippen molar-refractivity contribution in [2.75, 3.05) is 17.1 Å². The first-order valence-corrected chi connectivity index (χ1v) is 8.70. The Morgan fingerprint density at radius 1 is 1.40 bits per heavy atom. The number of hydrazone groups is 1. The summed E-state index contributed by atoms with van der Waals surface area (Å²) in [4.78, 5) is 22.1. The number of nitro benzene ring substituents is 1. The van der Waals surface area contributed by atoms with Crippen LogP contribution in [0.4, 0.5) is 11.4 Å². The number of hydrogen-bond donors (Lipinski definition) is 1. The number of rotatable bonds is 7. The first-order valence-electron chi connectivity index (χ1n) is 6.85. The van der Waals surface area contributed by atoms with E-state index in [1.54, 1.807) is 12.1 Å². The van der Waals surface area contributed by atoms with Gasteiger partial charge in [0.15, 0.2) is 0 Å². The molecule has 25 heavy (non-hydrogen) atoms. The molecule has 132 valence electrons. The lowest BCUT2D eigenvalue weighted by Gasteiger charge is -2.21. The Hall–Kier alpha value is -3.21. The van der Waals surface area contributed by atoms with Gasteiger partial charge in [-0.25, -0.2) is 13.8 Å². The Bertz CT molecular complexity index is 892. The van der Waals surface area contributed by atoms with Crippen molar-refractivity contribution in [2.24, 2.45) is 5.10 Å². The molecule has 11 heteroatoms. The number of carbonyl (C=O) groups is 1. The molecule has 1 aromatic carbocycles. The van der Waals surface area contributed by atoms with E-state index >= 15 is 0 Å². The normalized spacial score (nSPS) is 11.4. The van der Waals surface area contributed by atoms with Crippen LogP contribution < -0.4 is 9.73 Å². The molecular weight excluding hydrogens is 352 g/mol. The predicted octanol–water partition coefficient (Wildman–Crippen LogP) is 1.10. The van der Waals surface area contributed by atoms with E-state index in [4.69, 9.17) is 4.42 Å². The summed E-state index contributed by atoms with van der Waals surface area (Å²) in [5, 5.41) is 14.5. The van der Waals surface area contributed by atoms with Crippen molar-refractivity contribution in [3.63, 3.8) is 0 Å². The van der Waals surface area contributed by atoms with Crippen molar-refractivity contribution in [1.82, 2.24) is 5.43 Å². The highest BCUT2D eigenvalue weighted by Crippen LogP contribution is 2.22. The van der Waals surface area contributed by atoms with Gasteiger partial charge in [-0.15, -0.1) is 0 Å². The average molecular weight is 366 g/mol. The van der Waals surface area contributed by atoms with Crippen LogP contribution in [-0.2, 0) is 14.8 Å². The second kappa shape index (κ2) is 7.57. The van der Waals surface area contributed by atoms with Gasteiger partial charge in [-0.2, -0.15) is 5.10 Å². The number of nitrogens with one attached hydrogen (secondary N) is 1. The molecule has 1 N–H and O–H groups in total. The highest BCUT2D eigenvalue weighted by molar-refractivity contribution is 7.92. The molecule has 10 nitrogen and oxygen atoms in total. The number of nitro groups is 1. The number of sulfonamides is 1. The SMILES string of the molecule is CS(=O)(=O)N(CC(=O)N/N=C\c1ccco1)c1cccc([N+](=O)[O-])c1. The summed E-state index contributed by atoms with van der Waals surface area (Å²) in [5.41, 5.74) is 1.87. The molecule has 1 amide bonds. The lowest BCUT2D eigenvalue weighted by molar-refractivity contribution is -0.384. The molecule has 2 rings (SSSR count). The minimum Gasteiger partial charge on any atom is -0.463 e. The monoisotopic (exact) mass is 366 g/mol. The van der Waals surface area contributed by atoms with Crippen LogP contribution in [0.3, 0.4) is 0 Å². The number of furan rings is 1. The first kappa shape index (κ1) is 18.1. The number of amides is 1. The minimum atomic E-state index is -3.84. The van der Waals surface area contributed by atoms with Crippen LogP contribution in [0, 0.1) is 10.1 Å². The molecule has 1 heterocycles. The lowest BCUT2D eigenvalue weighted by atomic mass is 10.3. The number of hydrogen-bond acceptors (Lipinski definition) is 7. The molecule has 0 saturated heterocycles. The van der Waals surface area contributed by atoms with E-state index in [-0.39, 0.29) is 11.4 Å². The molecule has 0 aliphatic carbocycles. The van der Waals surface area contributed by atoms with Crippen molar-refractivity contribution < 1.29 is 22.6 Å². The zero-order valence-electron chi connectivity index (χ0n) is 13.0. The Balaban J connectivity index is 2.14. The van der Waals surface area contributed by atoms with E-state index in [9.17, 15) is 23.3 Å². The Labute approximate surface area is 142 Å². The average Bonchev–Trinajstić information content (AvgIpc) is 3.05. The van der Waals surface area contributed by atoms with Gasteiger partial charge >= 0.3 is 0 Å². The molecule has 0 aliphatic rings. The molecule has 0 atom stereocenters. The topological polar surface area (TPSA) is 135 Å². The molecule has 1 aromatic heterocycles. The van der Waals surface area contributed by atoms with Crippen LogP contribution >= 0.6 is 0 Å². The third-order valence-corrected chi connectivity index (χ3v) is 4.08. The van der Waals surface area contributed by atoms with Crippen molar-refractivity contribution >= 4 is 33.5 Å². The maximum absolute atomic E-state index is 11.9. The molecule has 0 saturated carbocycles. The molecule has 0 unspecified atom stereocenters. The summed E-state index contributed by atoms with van der Waals surface area (Å²) in [6, 6.07) is 8.22. The van der Waals surface area contributed by atoms with Gasteiger partial charge < -0.3 is 4.42 Å². The van der Waals surface area contributed by atoms with Crippen LogP contribution in [0.5, 0.6) is 0 Å². The van der Waals surface area contributed by atoms with E-state index in [1.807, 2.05) is 0 Å². The highest BCUT2D eigenvalue weighted by atomic mass is 32.2. The Morgan fingerprint density at radius 2 is 2.16 bits per heavy atom. The number of benzene rings is 1. The number of carbonyl (C=O) groups excluding carboxylic acids is 1. The van der Waals surface area contributed by atoms with Gasteiger partial charge in [0.25, 0.3) is 11.6 Å². The second-order valence-electron chi connectivity index (χ2n) is 4.86. The van der Waals surface area contributed by atoms with Gasteiger partial charge in [0, 0.05) is 12.1 Å². The van der Waals surface area contributed by atoms with Gasteiger partial charge in [0.1, 0.15) is 12.3 Å². The van der Waals surface area contributed by atoms with Crippen LogP contribution in [-0.4, -0.2) is 38.3 Å². The number of anilines is 1. The first-order chi connectivity index (χ1) is 11.8. The van der Waals surface area contributed by atoms with E-state index < -0.39 is 27.4 Å². The van der Waals surface area contributed by atoms with Gasteiger partial charge in [0.2, 0.25) is 10.0 Å². The van der Waals surface area contributed by atoms with Crippen LogP contribution in [0.2, 0.25) is 0 Å². The zero-order chi connectivity index (χ0) is 18.4. The maximum atomic E-state index is 11.9. The van der Waals surface area contributed by atoms with Crippen LogP contribution in [0.25, 0.3) is 0 Å². The summed E-state index contributed by atoms with van der Waals surface area (Å²) < 4.78 is 29.6. The van der Waals surface area contributed by atoms with Gasteiger partial charge in [-0.3, -0.25) is 19.2 Å². The van der Waals surface area contributed by atoms with Crippen molar-refractivity contribution in [1.29, 1.82) is 0 Å². The zero-order valence-corrected chi connectivity index (χ0v) is 13.8. The van der Waals surface area contributed by atoms with Crippen LogP contribution in [0.15, 0.2) is 52.2 Å². The molecular formula is C14H14N4O6S. The fourth-order valence-corrected chi connectivity index (χ4v) is 2.71. The smallest absolute Gasteiger partial charge is 0.271 e. The second-order valence-corrected chi connectivity index (χ2v) is 6.76. The standard InChI is InChI=1S/C14H14N4O6S/c1-25(22,23)17(11-4-2-5-12(8-11)18(20)21)10-14(19)16-15-9-13-6-3-7-24-13/h2-9H,10H2,1H3,(H,16,19)/b15-9-. The molecule has 0 radical (unpaired) electrons. The maximum Gasteiger partial charge on any atom is 0.271 e. The van der Waals surface area contributed by atoms with E-state index in [2.05, 4.69) is 10.5 Å². The number of non-ortho nitro benzene ring substituents is 1. The van der Waals surface area contributed by atoms with E-state index in [0.29, 0.717) is 5.76 Å². The summed E-state index contributed by atoms with van der Waals surface area (Å²) in [5.74, 6) is -0.321. The largest absolute Gasteiger partial charge is 0.463 e. The lowest BCUT2D eigenvalue weighted by Crippen LogP contribution is -2.39. The summed E-state index contributed by atoms with van der Waals surface area (Å²) in [7, 11) is -3.84. The quantitative estimate of drug-likeness (QED) is 0.443. The molecule has 0 spiro atoms. The van der Waals surface area contributed by atoms with Crippen molar-refractivity contribution in [2.45, 2.75) is 0 Å². The molecule has 0 fully saturated rings. The third kappa shape index (κ3) is 5.14. The Morgan fingerprint density at radius 3 is 2.76 bits per heavy atom. The minimum absolute atomic E-state index is 0.00173. The van der Waals surface area contributed by atoms with Gasteiger partial charge in [0.05, 0.1) is 29.3 Å². The van der Waals surface area contributed by atoms with Crippen LogP contribution in [0.1, 0.15) is 5.76 Å². The Kier molecular flexibility index (Phi) is 5.49. The molecule has 2 aromatic rings. The van der Waals surface area contributed by atoms with E-state index in [1.165, 1.54) is 30.7 Å². The van der Waals surface area contributed by atoms with Crippen molar-refractivity contribution in [3.05, 3.63) is 58.5 Å². The highest BCUT2D eigenvalue weighted by Gasteiger charge is 2.22. The predicted molar refractivity (Wildman–Crippen MR) is 89.7 cm³/mol.